The van der Waals surface area contributed by atoms with Gasteiger partial charge in [-0.2, -0.15) is 0 Å². The third-order valence-corrected chi connectivity index (χ3v) is 11.2. The Morgan fingerprint density at radius 3 is 2.36 bits per heavy atom. The van der Waals surface area contributed by atoms with E-state index in [4.69, 9.17) is 34.7 Å². The lowest BCUT2D eigenvalue weighted by molar-refractivity contribution is -0.142. The van der Waals surface area contributed by atoms with Gasteiger partial charge in [-0.15, -0.1) is 0 Å². The van der Waals surface area contributed by atoms with Gasteiger partial charge in [-0.3, -0.25) is 14.4 Å². The van der Waals surface area contributed by atoms with Gasteiger partial charge in [-0.25, -0.2) is 0 Å². The fourth-order valence-electron chi connectivity index (χ4n) is 6.22. The minimum atomic E-state index is -0.910. The highest BCUT2D eigenvalue weighted by Crippen LogP contribution is 2.40. The maximum Gasteiger partial charge on any atom is 0.245 e. The molecule has 10 nitrogen and oxygen atoms in total. The molecule has 50 heavy (non-hydrogen) atoms. The first-order chi connectivity index (χ1) is 24.2. The zero-order valence-corrected chi connectivity index (χ0v) is 30.5. The van der Waals surface area contributed by atoms with E-state index in [0.717, 1.165) is 26.9 Å². The number of hydrogen-bond acceptors (Lipinski definition) is 7. The second-order valence-corrected chi connectivity index (χ2v) is 14.4. The first kappa shape index (κ1) is 37.7. The summed E-state index contributed by atoms with van der Waals surface area (Å²) >= 11 is 15.0. The lowest BCUT2D eigenvalue weighted by atomic mass is 10.0. The van der Waals surface area contributed by atoms with Crippen LogP contribution in [-0.2, 0) is 33.9 Å². The molecule has 0 fully saturated rings. The number of para-hydroxylation sites is 1. The minimum absolute atomic E-state index is 0.0885. The van der Waals surface area contributed by atoms with Crippen molar-refractivity contribution in [1.82, 2.24) is 25.8 Å². The van der Waals surface area contributed by atoms with E-state index in [2.05, 4.69) is 20.9 Å². The standard InChI is InChI=1S/C37H45Cl2N7O3S/c1-46-32(19-24-21-42-29-11-4-3-10-25(24)29)36(48)44-22-26-27(38)15-16-28(39)34(26)50-33-14-5-2-9-23(33)20-43-30(13-8-18-41)35(47)45-31(37(46)49)12-6-7-17-40/h2-5,9-11,14-16,21,30-32,42-43H,6-8,12-13,17-20,22,40-41H2,1H3,(H,44,48)(H,45,47)/t30?,31?,32-/m0/s1. The number of halogens is 2. The molecular formula is C37H45Cl2N7O3S. The van der Waals surface area contributed by atoms with Crippen molar-refractivity contribution >= 4 is 63.6 Å². The molecule has 1 aliphatic rings. The summed E-state index contributed by atoms with van der Waals surface area (Å²) in [7, 11) is 1.62. The van der Waals surface area contributed by atoms with E-state index in [0.29, 0.717) is 72.2 Å². The van der Waals surface area contributed by atoms with Crippen molar-refractivity contribution in [3.05, 3.63) is 93.6 Å². The summed E-state index contributed by atoms with van der Waals surface area (Å²) in [6.45, 7) is 1.35. The van der Waals surface area contributed by atoms with Crippen molar-refractivity contribution in [1.29, 1.82) is 0 Å². The molecule has 3 aromatic carbocycles. The minimum Gasteiger partial charge on any atom is -0.361 e. The quantitative estimate of drug-likeness (QED) is 0.130. The summed E-state index contributed by atoms with van der Waals surface area (Å²) in [6.07, 6.45) is 4.89. The second-order valence-electron chi connectivity index (χ2n) is 12.5. The summed E-state index contributed by atoms with van der Waals surface area (Å²) in [5.74, 6) is -1.03. The lowest BCUT2D eigenvalue weighted by Gasteiger charge is -2.32. The topological polar surface area (TPSA) is 158 Å². The van der Waals surface area contributed by atoms with Gasteiger partial charge < -0.3 is 37.3 Å². The van der Waals surface area contributed by atoms with Gasteiger partial charge in [0, 0.05) is 64.0 Å². The number of aromatic nitrogens is 1. The smallest absolute Gasteiger partial charge is 0.245 e. The first-order valence-electron chi connectivity index (χ1n) is 17.0. The van der Waals surface area contributed by atoms with Crippen LogP contribution >= 0.6 is 35.0 Å². The highest BCUT2D eigenvalue weighted by molar-refractivity contribution is 7.99. The first-order valence-corrected chi connectivity index (χ1v) is 18.5. The molecule has 0 bridgehead atoms. The number of benzene rings is 3. The number of nitrogens with two attached hydrogens (primary N) is 2. The number of fused-ring (bicyclic) bond motifs is 3. The van der Waals surface area contributed by atoms with E-state index < -0.39 is 18.1 Å². The van der Waals surface area contributed by atoms with Crippen LogP contribution in [0.3, 0.4) is 0 Å². The van der Waals surface area contributed by atoms with E-state index in [9.17, 15) is 14.4 Å². The average molecular weight is 739 g/mol. The number of likely N-dealkylation sites (N-methyl/N-ethyl adjacent to an activating group) is 1. The number of nitrogens with zero attached hydrogens (tertiary/aromatic N) is 1. The van der Waals surface area contributed by atoms with Crippen LogP contribution in [0.15, 0.2) is 76.7 Å². The molecule has 1 aromatic heterocycles. The molecule has 3 amide bonds. The summed E-state index contributed by atoms with van der Waals surface area (Å²) in [6, 6.07) is 16.7. The van der Waals surface area contributed by atoms with Crippen LogP contribution in [0.2, 0.25) is 10.0 Å². The summed E-state index contributed by atoms with van der Waals surface area (Å²) in [4.78, 5) is 48.9. The third kappa shape index (κ3) is 9.20. The number of unbranched alkanes of at least 4 members (excludes halogenated alkanes) is 1. The van der Waals surface area contributed by atoms with E-state index in [-0.39, 0.29) is 30.7 Å². The molecule has 5 rings (SSSR count). The molecule has 266 valence electrons. The Morgan fingerprint density at radius 1 is 0.840 bits per heavy atom. The zero-order valence-electron chi connectivity index (χ0n) is 28.1. The normalized spacial score (nSPS) is 19.4. The van der Waals surface area contributed by atoms with Gasteiger partial charge in [0.25, 0.3) is 0 Å². The summed E-state index contributed by atoms with van der Waals surface area (Å²) < 4.78 is 0. The van der Waals surface area contributed by atoms with Crippen molar-refractivity contribution in [3.8, 4) is 0 Å². The second kappa shape index (κ2) is 18.1. The van der Waals surface area contributed by atoms with Gasteiger partial charge in [0.2, 0.25) is 17.7 Å². The van der Waals surface area contributed by atoms with Gasteiger partial charge >= 0.3 is 0 Å². The van der Waals surface area contributed by atoms with E-state index in [1.807, 2.05) is 54.7 Å². The van der Waals surface area contributed by atoms with E-state index >= 15 is 0 Å². The molecule has 0 saturated heterocycles. The Labute approximate surface area is 307 Å². The fourth-order valence-corrected chi connectivity index (χ4v) is 7.90. The largest absolute Gasteiger partial charge is 0.361 e. The van der Waals surface area contributed by atoms with Gasteiger partial charge in [0.1, 0.15) is 12.1 Å². The molecule has 0 spiro atoms. The average Bonchev–Trinajstić information content (AvgIpc) is 3.53. The fraction of sp³-hybridized carbons (Fsp3) is 0.378. The molecule has 0 saturated carbocycles. The summed E-state index contributed by atoms with van der Waals surface area (Å²) in [5.41, 5.74) is 15.1. The van der Waals surface area contributed by atoms with Crippen LogP contribution < -0.4 is 27.4 Å². The Bertz CT molecular complexity index is 1800. The van der Waals surface area contributed by atoms with Gasteiger partial charge in [-0.05, 0) is 80.6 Å². The number of aromatic amines is 1. The monoisotopic (exact) mass is 737 g/mol. The molecule has 2 unspecified atom stereocenters. The highest BCUT2D eigenvalue weighted by Gasteiger charge is 2.34. The number of carbonyl (C=O) groups excluding carboxylic acids is 3. The Morgan fingerprint density at radius 2 is 1.56 bits per heavy atom. The zero-order chi connectivity index (χ0) is 35.6. The molecular weight excluding hydrogens is 693 g/mol. The Balaban J connectivity index is 1.58. The predicted molar refractivity (Wildman–Crippen MR) is 201 cm³/mol. The molecule has 13 heteroatoms. The molecule has 3 atom stereocenters. The molecule has 2 heterocycles. The lowest BCUT2D eigenvalue weighted by Crippen LogP contribution is -2.57. The molecule has 8 N–H and O–H groups in total. The number of nitrogens with one attached hydrogen (secondary N) is 4. The molecule has 0 radical (unpaired) electrons. The maximum absolute atomic E-state index is 14.4. The van der Waals surface area contributed by atoms with E-state index in [1.54, 1.807) is 19.2 Å². The van der Waals surface area contributed by atoms with Crippen LogP contribution in [0, 0.1) is 0 Å². The Hall–Kier alpha value is -3.58. The van der Waals surface area contributed by atoms with Crippen LogP contribution in [0.4, 0.5) is 0 Å². The van der Waals surface area contributed by atoms with E-state index in [1.165, 1.54) is 16.7 Å². The predicted octanol–water partition coefficient (Wildman–Crippen LogP) is 5.14. The van der Waals surface area contributed by atoms with Crippen molar-refractivity contribution in [2.75, 3.05) is 20.1 Å². The maximum atomic E-state index is 14.4. The number of carbonyl (C=O) groups is 3. The van der Waals surface area contributed by atoms with Crippen LogP contribution in [-0.4, -0.2) is 65.9 Å². The molecule has 0 aliphatic carbocycles. The molecule has 1 aliphatic heterocycles. The van der Waals surface area contributed by atoms with Crippen molar-refractivity contribution in [2.24, 2.45) is 11.5 Å². The van der Waals surface area contributed by atoms with Crippen molar-refractivity contribution < 1.29 is 14.4 Å². The van der Waals surface area contributed by atoms with Crippen molar-refractivity contribution in [3.63, 3.8) is 0 Å². The number of hydrogen-bond donors (Lipinski definition) is 6. The third-order valence-electron chi connectivity index (χ3n) is 9.10. The number of H-pyrrole nitrogens is 1. The number of amides is 3. The van der Waals surface area contributed by atoms with Crippen LogP contribution in [0.1, 0.15) is 48.8 Å². The van der Waals surface area contributed by atoms with Crippen molar-refractivity contribution in [2.45, 2.75) is 79.5 Å². The molecule has 4 aromatic rings. The summed E-state index contributed by atoms with van der Waals surface area (Å²) in [5, 5.41) is 11.4. The van der Waals surface area contributed by atoms with Crippen LogP contribution in [0.25, 0.3) is 10.9 Å². The van der Waals surface area contributed by atoms with Gasteiger partial charge in [-0.1, -0.05) is 71.4 Å². The highest BCUT2D eigenvalue weighted by atomic mass is 35.5. The SMILES string of the molecule is CN1C(=O)C(CCCCN)NC(=O)C(CCCN)NCc2ccccc2Sc2c(Cl)ccc(Cl)c2CNC(=O)[C@@H]1Cc1c[nH]c2ccccc12. The van der Waals surface area contributed by atoms with Crippen LogP contribution in [0.5, 0.6) is 0 Å². The van der Waals surface area contributed by atoms with Gasteiger partial charge in [0.15, 0.2) is 0 Å². The van der Waals surface area contributed by atoms with Gasteiger partial charge in [0.05, 0.1) is 11.1 Å². The number of rotatable bonds is 9. The Kier molecular flexibility index (Phi) is 13.6.